The normalized spacial score (nSPS) is 10.8. The van der Waals surface area contributed by atoms with E-state index < -0.39 is 10.0 Å². The van der Waals surface area contributed by atoms with Crippen LogP contribution in [0, 0.1) is 13.8 Å². The minimum absolute atomic E-state index is 0. The van der Waals surface area contributed by atoms with E-state index in [1.165, 1.54) is 0 Å². The minimum atomic E-state index is -3.67. The molecular formula is C8H9ClNNaO2S. The Morgan fingerprint density at radius 2 is 1.64 bits per heavy atom. The van der Waals surface area contributed by atoms with Crippen LogP contribution in [-0.4, -0.2) is 8.42 Å². The largest absolute Gasteiger partial charge is 1.00 e. The first kappa shape index (κ1) is 14.4. The van der Waals surface area contributed by atoms with Crippen LogP contribution in [0.2, 0.25) is 0 Å². The zero-order valence-electron chi connectivity index (χ0n) is 8.28. The summed E-state index contributed by atoms with van der Waals surface area (Å²) >= 11 is 5.01. The number of halogens is 1. The number of hydrogen-bond donors (Lipinski definition) is 0. The maximum atomic E-state index is 11.3. The molecule has 0 amide bonds. The molecule has 0 fully saturated rings. The van der Waals surface area contributed by atoms with E-state index in [0.29, 0.717) is 11.1 Å². The monoisotopic (exact) mass is 241 g/mol. The third-order valence-corrected chi connectivity index (χ3v) is 3.64. The van der Waals surface area contributed by atoms with Gasteiger partial charge in [0, 0.05) is 0 Å². The van der Waals surface area contributed by atoms with Gasteiger partial charge in [-0.15, -0.1) is 0 Å². The van der Waals surface area contributed by atoms with Crippen molar-refractivity contribution in [2.45, 2.75) is 18.7 Å². The average Bonchev–Trinajstić information content (AvgIpc) is 2.03. The SMILES string of the molecule is Cc1cccc(C)c1S(=O)(=O)[N-]Cl.[Na+]. The van der Waals surface area contributed by atoms with Gasteiger partial charge in [0.05, 0.1) is 4.90 Å². The first-order valence-corrected chi connectivity index (χ1v) is 5.41. The summed E-state index contributed by atoms with van der Waals surface area (Å²) in [5, 5.41) is 0. The first-order valence-electron chi connectivity index (χ1n) is 3.63. The van der Waals surface area contributed by atoms with E-state index in [2.05, 4.69) is 4.24 Å². The van der Waals surface area contributed by atoms with Crippen LogP contribution in [0.15, 0.2) is 23.1 Å². The molecule has 1 aromatic rings. The van der Waals surface area contributed by atoms with Crippen LogP contribution in [0.5, 0.6) is 0 Å². The van der Waals surface area contributed by atoms with Crippen molar-refractivity contribution in [3.8, 4) is 0 Å². The summed E-state index contributed by atoms with van der Waals surface area (Å²) in [6.45, 7) is 3.42. The second-order valence-electron chi connectivity index (χ2n) is 2.77. The fourth-order valence-electron chi connectivity index (χ4n) is 1.24. The molecule has 6 heteroatoms. The van der Waals surface area contributed by atoms with Gasteiger partial charge in [-0.3, -0.25) is 11.8 Å². The molecule has 0 aromatic heterocycles. The topological polar surface area (TPSA) is 48.2 Å². The minimum Gasteiger partial charge on any atom is -0.458 e. The molecule has 1 aromatic carbocycles. The molecule has 0 radical (unpaired) electrons. The molecule has 0 bridgehead atoms. The summed E-state index contributed by atoms with van der Waals surface area (Å²) in [5.41, 5.74) is 1.31. The van der Waals surface area contributed by atoms with Gasteiger partial charge in [0.1, 0.15) is 10.0 Å². The molecule has 3 nitrogen and oxygen atoms in total. The molecule has 0 saturated carbocycles. The summed E-state index contributed by atoms with van der Waals surface area (Å²) in [6, 6.07) is 5.21. The van der Waals surface area contributed by atoms with Gasteiger partial charge >= 0.3 is 29.6 Å². The van der Waals surface area contributed by atoms with E-state index >= 15 is 0 Å². The van der Waals surface area contributed by atoms with Crippen molar-refractivity contribution >= 4 is 21.8 Å². The van der Waals surface area contributed by atoms with Crippen molar-refractivity contribution in [1.29, 1.82) is 0 Å². The van der Waals surface area contributed by atoms with E-state index in [-0.39, 0.29) is 34.5 Å². The van der Waals surface area contributed by atoms with Gasteiger partial charge in [0.25, 0.3) is 0 Å². The third-order valence-electron chi connectivity index (χ3n) is 1.76. The Morgan fingerprint density at radius 3 is 2.00 bits per heavy atom. The van der Waals surface area contributed by atoms with Crippen LogP contribution in [0.1, 0.15) is 11.1 Å². The molecular weight excluding hydrogens is 233 g/mol. The van der Waals surface area contributed by atoms with Crippen LogP contribution < -0.4 is 29.6 Å². The average molecular weight is 242 g/mol. The van der Waals surface area contributed by atoms with Gasteiger partial charge in [-0.05, 0) is 25.0 Å². The first-order chi connectivity index (χ1) is 5.99. The molecule has 0 N–H and O–H groups in total. The van der Waals surface area contributed by atoms with Crippen LogP contribution in [-0.2, 0) is 10.0 Å². The van der Waals surface area contributed by atoms with E-state index in [4.69, 9.17) is 11.8 Å². The second-order valence-corrected chi connectivity index (χ2v) is 4.68. The molecule has 0 saturated heterocycles. The molecule has 72 valence electrons. The van der Waals surface area contributed by atoms with Crippen molar-refractivity contribution < 1.29 is 38.0 Å². The van der Waals surface area contributed by atoms with Gasteiger partial charge in [-0.2, -0.15) is 0 Å². The van der Waals surface area contributed by atoms with Gasteiger partial charge in [-0.25, -0.2) is 8.42 Å². The molecule has 0 aliphatic carbocycles. The maximum Gasteiger partial charge on any atom is 1.00 e. The zero-order valence-corrected chi connectivity index (χ0v) is 11.9. The van der Waals surface area contributed by atoms with E-state index in [1.807, 2.05) is 0 Å². The molecule has 0 atom stereocenters. The molecule has 14 heavy (non-hydrogen) atoms. The zero-order chi connectivity index (χ0) is 10.1. The molecule has 0 spiro atoms. The number of aryl methyl sites for hydroxylation is 2. The second kappa shape index (κ2) is 5.49. The molecule has 0 aliphatic rings. The van der Waals surface area contributed by atoms with Crippen molar-refractivity contribution in [2.24, 2.45) is 0 Å². The van der Waals surface area contributed by atoms with Crippen LogP contribution in [0.3, 0.4) is 0 Å². The number of sulfonamides is 1. The molecule has 1 rings (SSSR count). The summed E-state index contributed by atoms with van der Waals surface area (Å²) < 4.78 is 25.5. The van der Waals surface area contributed by atoms with Crippen molar-refractivity contribution in [2.75, 3.05) is 0 Å². The van der Waals surface area contributed by atoms with Gasteiger partial charge in [0.2, 0.25) is 0 Å². The van der Waals surface area contributed by atoms with Crippen molar-refractivity contribution in [3.05, 3.63) is 33.6 Å². The quantitative estimate of drug-likeness (QED) is 0.657. The summed E-state index contributed by atoms with van der Waals surface area (Å²) in [5.74, 6) is 0. The Bertz CT molecular complexity index is 399. The Morgan fingerprint density at radius 1 is 1.21 bits per heavy atom. The van der Waals surface area contributed by atoms with E-state index in [1.54, 1.807) is 32.0 Å². The number of hydrogen-bond acceptors (Lipinski definition) is 2. The van der Waals surface area contributed by atoms with Gasteiger partial charge in [0.15, 0.2) is 0 Å². The predicted octanol–water partition coefficient (Wildman–Crippen LogP) is -0.476. The van der Waals surface area contributed by atoms with Crippen molar-refractivity contribution in [1.82, 2.24) is 0 Å². The Kier molecular flexibility index (Phi) is 5.65. The smallest absolute Gasteiger partial charge is 0.458 e. The fourth-order valence-corrected chi connectivity index (χ4v) is 2.47. The summed E-state index contributed by atoms with van der Waals surface area (Å²) in [7, 11) is -3.67. The Labute approximate surface area is 111 Å². The number of rotatable bonds is 2. The van der Waals surface area contributed by atoms with Gasteiger partial charge in [-0.1, -0.05) is 18.2 Å². The molecule has 0 aliphatic heterocycles. The van der Waals surface area contributed by atoms with Crippen LogP contribution >= 0.6 is 11.8 Å². The van der Waals surface area contributed by atoms with Crippen molar-refractivity contribution in [3.63, 3.8) is 0 Å². The summed E-state index contributed by atoms with van der Waals surface area (Å²) in [4.78, 5) is 0.199. The van der Waals surface area contributed by atoms with Crippen LogP contribution in [0.25, 0.3) is 4.24 Å². The Balaban J connectivity index is 0.00000169. The van der Waals surface area contributed by atoms with Gasteiger partial charge < -0.3 is 4.24 Å². The summed E-state index contributed by atoms with van der Waals surface area (Å²) in [6.07, 6.45) is 0. The third kappa shape index (κ3) is 2.95. The van der Waals surface area contributed by atoms with E-state index in [9.17, 15) is 8.42 Å². The molecule has 0 heterocycles. The fraction of sp³-hybridized carbons (Fsp3) is 0.250. The number of benzene rings is 1. The van der Waals surface area contributed by atoms with Crippen LogP contribution in [0.4, 0.5) is 0 Å². The Hall–Kier alpha value is 0.420. The molecule has 0 unspecified atom stereocenters. The predicted molar refractivity (Wildman–Crippen MR) is 52.3 cm³/mol. The maximum absolute atomic E-state index is 11.3. The standard InChI is InChI=1S/C8H9ClNO2S.Na/c1-6-4-3-5-7(2)8(6)13(11,12)10-9;/h3-5H,1-2H3;/q-1;+1. The van der Waals surface area contributed by atoms with E-state index in [0.717, 1.165) is 0 Å². The number of nitrogens with zero attached hydrogens (tertiary/aromatic N) is 1.